The third kappa shape index (κ3) is 3.75. The summed E-state index contributed by atoms with van der Waals surface area (Å²) in [5.74, 6) is -0.145. The van der Waals surface area contributed by atoms with Gasteiger partial charge in [0.2, 0.25) is 5.91 Å². The smallest absolute Gasteiger partial charge is 0.224 e. The highest BCUT2D eigenvalue weighted by Crippen LogP contribution is 2.13. The first-order valence-electron chi connectivity index (χ1n) is 5.58. The summed E-state index contributed by atoms with van der Waals surface area (Å²) >= 11 is 0. The Morgan fingerprint density at radius 2 is 2.06 bits per heavy atom. The fourth-order valence-electron chi connectivity index (χ4n) is 1.71. The van der Waals surface area contributed by atoms with Crippen LogP contribution in [0.2, 0.25) is 0 Å². The van der Waals surface area contributed by atoms with E-state index in [-0.39, 0.29) is 35.4 Å². The Balaban J connectivity index is 2.52. The van der Waals surface area contributed by atoms with Crippen molar-refractivity contribution in [3.8, 4) is 0 Å². The van der Waals surface area contributed by atoms with Crippen LogP contribution in [0.15, 0.2) is 0 Å². The maximum Gasteiger partial charge on any atom is 0.224 e. The van der Waals surface area contributed by atoms with E-state index in [0.717, 1.165) is 6.42 Å². The first-order valence-corrected chi connectivity index (χ1v) is 7.40. The maximum absolute atomic E-state index is 11.7. The normalized spacial score (nSPS) is 28.1. The van der Waals surface area contributed by atoms with Gasteiger partial charge in [-0.15, -0.1) is 0 Å². The van der Waals surface area contributed by atoms with Crippen LogP contribution in [0.5, 0.6) is 0 Å². The molecule has 0 spiro atoms. The van der Waals surface area contributed by atoms with Crippen LogP contribution < -0.4 is 11.1 Å². The maximum atomic E-state index is 11.7. The van der Waals surface area contributed by atoms with Crippen LogP contribution in [0.1, 0.15) is 26.7 Å². The Morgan fingerprint density at radius 3 is 2.56 bits per heavy atom. The van der Waals surface area contributed by atoms with Crippen molar-refractivity contribution in [2.75, 3.05) is 11.5 Å². The fraction of sp³-hybridized carbons (Fsp3) is 0.900. The third-order valence-corrected chi connectivity index (χ3v) is 4.83. The van der Waals surface area contributed by atoms with Gasteiger partial charge in [0, 0.05) is 18.0 Å². The first kappa shape index (κ1) is 13.4. The van der Waals surface area contributed by atoms with Crippen molar-refractivity contribution in [3.05, 3.63) is 0 Å². The molecule has 1 saturated heterocycles. The Hall–Kier alpha value is -0.620. The zero-order chi connectivity index (χ0) is 12.3. The van der Waals surface area contributed by atoms with Crippen molar-refractivity contribution in [3.63, 3.8) is 0 Å². The van der Waals surface area contributed by atoms with Crippen LogP contribution >= 0.6 is 0 Å². The minimum Gasteiger partial charge on any atom is -0.352 e. The minimum absolute atomic E-state index is 0.0599. The molecule has 5 nitrogen and oxygen atoms in total. The minimum atomic E-state index is -2.97. The Bertz CT molecular complexity index is 351. The van der Waals surface area contributed by atoms with E-state index in [1.54, 1.807) is 13.8 Å². The monoisotopic (exact) mass is 248 g/mol. The van der Waals surface area contributed by atoms with Crippen molar-refractivity contribution in [2.24, 2.45) is 11.7 Å². The van der Waals surface area contributed by atoms with E-state index in [4.69, 9.17) is 5.73 Å². The van der Waals surface area contributed by atoms with E-state index < -0.39 is 9.84 Å². The Labute approximate surface area is 96.7 Å². The zero-order valence-electron chi connectivity index (χ0n) is 9.77. The molecule has 1 aliphatic rings. The molecule has 0 aromatic carbocycles. The second-order valence-corrected chi connectivity index (χ2v) is 6.84. The van der Waals surface area contributed by atoms with E-state index in [1.807, 2.05) is 0 Å². The number of carbonyl (C=O) groups excluding carboxylic acids is 1. The molecule has 0 aromatic heterocycles. The number of rotatable bonds is 3. The lowest BCUT2D eigenvalue weighted by Crippen LogP contribution is -2.47. The van der Waals surface area contributed by atoms with Crippen LogP contribution in [0.4, 0.5) is 0 Å². The van der Waals surface area contributed by atoms with Gasteiger partial charge in [-0.05, 0) is 19.8 Å². The van der Waals surface area contributed by atoms with E-state index in [1.165, 1.54) is 0 Å². The summed E-state index contributed by atoms with van der Waals surface area (Å²) in [6.45, 7) is 3.51. The summed E-state index contributed by atoms with van der Waals surface area (Å²) in [7, 11) is -2.97. The molecule has 3 unspecified atom stereocenters. The van der Waals surface area contributed by atoms with E-state index in [0.29, 0.717) is 6.42 Å². The lowest BCUT2D eigenvalue weighted by molar-refractivity contribution is -0.125. The van der Waals surface area contributed by atoms with Gasteiger partial charge < -0.3 is 11.1 Å². The zero-order valence-corrected chi connectivity index (χ0v) is 10.6. The Morgan fingerprint density at radius 1 is 1.44 bits per heavy atom. The first-order chi connectivity index (χ1) is 7.32. The lowest BCUT2D eigenvalue weighted by Gasteiger charge is -2.25. The summed E-state index contributed by atoms with van der Waals surface area (Å²) in [6, 6.07) is -0.465. The predicted octanol–water partition coefficient (Wildman–Crippen LogP) is -0.337. The van der Waals surface area contributed by atoms with Crippen molar-refractivity contribution in [2.45, 2.75) is 38.8 Å². The van der Waals surface area contributed by atoms with Gasteiger partial charge in [-0.1, -0.05) is 6.92 Å². The van der Waals surface area contributed by atoms with Gasteiger partial charge in [-0.25, -0.2) is 8.42 Å². The molecule has 94 valence electrons. The van der Waals surface area contributed by atoms with E-state index in [2.05, 4.69) is 5.32 Å². The molecule has 16 heavy (non-hydrogen) atoms. The van der Waals surface area contributed by atoms with Crippen LogP contribution in [0.25, 0.3) is 0 Å². The van der Waals surface area contributed by atoms with Gasteiger partial charge in [-0.3, -0.25) is 4.79 Å². The fourth-order valence-corrected chi connectivity index (χ4v) is 3.34. The van der Waals surface area contributed by atoms with Gasteiger partial charge in [0.25, 0.3) is 0 Å². The lowest BCUT2D eigenvalue weighted by atomic mass is 10.0. The number of hydrogen-bond donors (Lipinski definition) is 2. The molecule has 0 saturated carbocycles. The standard InChI is InChI=1S/C10H20N2O3S/c1-7(8(2)11)10(13)12-9-4-3-5-16(14,15)6-9/h7-9H,3-6,11H2,1-2H3,(H,12,13). The highest BCUT2D eigenvalue weighted by Gasteiger charge is 2.27. The SMILES string of the molecule is CC(N)C(C)C(=O)NC1CCCS(=O)(=O)C1. The Kier molecular flexibility index (Phi) is 4.32. The molecule has 6 heteroatoms. The number of hydrogen-bond acceptors (Lipinski definition) is 4. The molecular weight excluding hydrogens is 228 g/mol. The van der Waals surface area contributed by atoms with E-state index >= 15 is 0 Å². The van der Waals surface area contributed by atoms with Crippen molar-refractivity contribution >= 4 is 15.7 Å². The number of carbonyl (C=O) groups is 1. The van der Waals surface area contributed by atoms with Gasteiger partial charge in [0.05, 0.1) is 11.5 Å². The number of sulfone groups is 1. The highest BCUT2D eigenvalue weighted by molar-refractivity contribution is 7.91. The molecule has 1 aliphatic heterocycles. The summed E-state index contributed by atoms with van der Waals surface area (Å²) in [5.41, 5.74) is 5.62. The van der Waals surface area contributed by atoms with Crippen LogP contribution in [-0.4, -0.2) is 37.9 Å². The molecule has 0 aromatic rings. The molecule has 1 fully saturated rings. The number of nitrogens with two attached hydrogens (primary N) is 1. The number of nitrogens with one attached hydrogen (secondary N) is 1. The largest absolute Gasteiger partial charge is 0.352 e. The van der Waals surface area contributed by atoms with Crippen molar-refractivity contribution < 1.29 is 13.2 Å². The molecule has 0 radical (unpaired) electrons. The predicted molar refractivity (Wildman–Crippen MR) is 62.6 cm³/mol. The van der Waals surface area contributed by atoms with E-state index in [9.17, 15) is 13.2 Å². The van der Waals surface area contributed by atoms with Gasteiger partial charge in [0.15, 0.2) is 9.84 Å². The molecule has 0 bridgehead atoms. The average molecular weight is 248 g/mol. The molecule has 1 rings (SSSR count). The molecule has 1 amide bonds. The van der Waals surface area contributed by atoms with Crippen molar-refractivity contribution in [1.29, 1.82) is 0 Å². The molecule has 1 heterocycles. The summed E-state index contributed by atoms with van der Waals surface area (Å²) in [5, 5.41) is 2.76. The highest BCUT2D eigenvalue weighted by atomic mass is 32.2. The molecule has 0 aliphatic carbocycles. The van der Waals surface area contributed by atoms with Crippen LogP contribution in [-0.2, 0) is 14.6 Å². The van der Waals surface area contributed by atoms with Crippen molar-refractivity contribution in [1.82, 2.24) is 5.32 Å². The molecule has 3 N–H and O–H groups in total. The summed E-state index contributed by atoms with van der Waals surface area (Å²) < 4.78 is 22.7. The summed E-state index contributed by atoms with van der Waals surface area (Å²) in [4.78, 5) is 11.7. The van der Waals surface area contributed by atoms with Gasteiger partial charge in [-0.2, -0.15) is 0 Å². The van der Waals surface area contributed by atoms with Crippen LogP contribution in [0.3, 0.4) is 0 Å². The third-order valence-electron chi connectivity index (χ3n) is 3.01. The second-order valence-electron chi connectivity index (χ2n) is 4.61. The van der Waals surface area contributed by atoms with Gasteiger partial charge >= 0.3 is 0 Å². The molecule has 3 atom stereocenters. The number of amides is 1. The quantitative estimate of drug-likeness (QED) is 0.715. The molecular formula is C10H20N2O3S. The average Bonchev–Trinajstić information content (AvgIpc) is 2.14. The summed E-state index contributed by atoms with van der Waals surface area (Å²) in [6.07, 6.45) is 1.36. The van der Waals surface area contributed by atoms with Gasteiger partial charge in [0.1, 0.15) is 0 Å². The van der Waals surface area contributed by atoms with Crippen LogP contribution in [0, 0.1) is 5.92 Å². The second kappa shape index (κ2) is 5.14. The topological polar surface area (TPSA) is 89.3 Å².